The van der Waals surface area contributed by atoms with Crippen LogP contribution in [-0.4, -0.2) is 11.2 Å². The first-order valence-electron chi connectivity index (χ1n) is 4.25. The molecule has 1 aromatic heterocycles. The maximum atomic E-state index is 12.7. The van der Waals surface area contributed by atoms with Crippen molar-refractivity contribution in [2.24, 2.45) is 0 Å². The first kappa shape index (κ1) is 10.4. The molecule has 0 aliphatic heterocycles. The van der Waals surface area contributed by atoms with Crippen LogP contribution in [0.3, 0.4) is 0 Å². The molecule has 80 valence electrons. The summed E-state index contributed by atoms with van der Waals surface area (Å²) in [7, 11) is 0. The van der Waals surface area contributed by atoms with Crippen LogP contribution in [-0.2, 0) is 6.18 Å². The van der Waals surface area contributed by atoms with E-state index in [1.54, 1.807) is 18.5 Å². The smallest absolute Gasteiger partial charge is 0.360 e. The molecule has 0 aliphatic carbocycles. The first-order valence-corrected chi connectivity index (χ1v) is 5.48. The van der Waals surface area contributed by atoms with Gasteiger partial charge in [0, 0.05) is 22.0 Å². The number of aromatic nitrogens is 1. The first-order chi connectivity index (χ1) is 7.04. The predicted octanol–water partition coefficient (Wildman–Crippen LogP) is 3.91. The highest BCUT2D eigenvalue weighted by atomic mass is 32.2. The molecule has 0 bridgehead atoms. The van der Waals surface area contributed by atoms with Crippen molar-refractivity contribution in [3.8, 4) is 0 Å². The van der Waals surface area contributed by atoms with Crippen LogP contribution in [0.25, 0.3) is 10.9 Å². The largest absolute Gasteiger partial charge is 0.417 e. The third kappa shape index (κ3) is 1.71. The second kappa shape index (κ2) is 3.48. The number of thioether (sulfide) groups is 1. The molecule has 0 amide bonds. The van der Waals surface area contributed by atoms with Crippen molar-refractivity contribution >= 4 is 22.7 Å². The average molecular weight is 231 g/mol. The predicted molar refractivity (Wildman–Crippen MR) is 55.1 cm³/mol. The molecule has 0 radical (unpaired) electrons. The number of halogens is 3. The minimum Gasteiger partial charge on any atom is -0.360 e. The Balaban J connectivity index is 2.78. The van der Waals surface area contributed by atoms with Crippen LogP contribution in [0.5, 0.6) is 0 Å². The molecule has 1 heterocycles. The van der Waals surface area contributed by atoms with Gasteiger partial charge < -0.3 is 4.98 Å². The minimum atomic E-state index is -4.30. The Hall–Kier alpha value is -1.10. The lowest BCUT2D eigenvalue weighted by Gasteiger charge is -2.08. The van der Waals surface area contributed by atoms with Crippen LogP contribution >= 0.6 is 11.8 Å². The highest BCUT2D eigenvalue weighted by Crippen LogP contribution is 2.38. The van der Waals surface area contributed by atoms with Gasteiger partial charge in [-0.15, -0.1) is 11.8 Å². The zero-order valence-electron chi connectivity index (χ0n) is 7.85. The van der Waals surface area contributed by atoms with Gasteiger partial charge in [-0.3, -0.25) is 0 Å². The number of hydrogen-bond donors (Lipinski definition) is 1. The van der Waals surface area contributed by atoms with Crippen LogP contribution in [0, 0.1) is 0 Å². The number of alkyl halides is 3. The van der Waals surface area contributed by atoms with E-state index in [1.165, 1.54) is 17.8 Å². The molecule has 5 heteroatoms. The summed E-state index contributed by atoms with van der Waals surface area (Å²) in [5.74, 6) is 0. The summed E-state index contributed by atoms with van der Waals surface area (Å²) in [4.78, 5) is 3.45. The van der Waals surface area contributed by atoms with Crippen LogP contribution in [0.2, 0.25) is 0 Å². The molecule has 0 spiro atoms. The lowest BCUT2D eigenvalue weighted by atomic mass is 10.1. The number of aromatic amines is 1. The van der Waals surface area contributed by atoms with Crippen molar-refractivity contribution in [1.29, 1.82) is 0 Å². The molecule has 0 aliphatic rings. The second-order valence-electron chi connectivity index (χ2n) is 3.08. The van der Waals surface area contributed by atoms with Crippen molar-refractivity contribution in [2.45, 2.75) is 11.1 Å². The summed E-state index contributed by atoms with van der Waals surface area (Å²) < 4.78 is 38.1. The zero-order chi connectivity index (χ0) is 11.1. The third-order valence-corrected chi connectivity index (χ3v) is 2.96. The molecule has 1 aromatic carbocycles. The number of rotatable bonds is 1. The van der Waals surface area contributed by atoms with Crippen molar-refractivity contribution in [3.63, 3.8) is 0 Å². The van der Waals surface area contributed by atoms with Crippen LogP contribution in [0.15, 0.2) is 29.3 Å². The van der Waals surface area contributed by atoms with E-state index in [4.69, 9.17) is 0 Å². The molecular weight excluding hydrogens is 223 g/mol. The quantitative estimate of drug-likeness (QED) is 0.736. The number of benzene rings is 1. The summed E-state index contributed by atoms with van der Waals surface area (Å²) in [5, 5.41) is 0.262. The molecule has 1 N–H and O–H groups in total. The summed E-state index contributed by atoms with van der Waals surface area (Å²) >= 11 is 1.30. The Morgan fingerprint density at radius 3 is 2.60 bits per heavy atom. The lowest BCUT2D eigenvalue weighted by molar-refractivity contribution is -0.136. The molecule has 0 atom stereocenters. The lowest BCUT2D eigenvalue weighted by Crippen LogP contribution is -2.05. The monoisotopic (exact) mass is 231 g/mol. The summed E-state index contributed by atoms with van der Waals surface area (Å²) in [5.41, 5.74) is -0.0558. The van der Waals surface area contributed by atoms with E-state index < -0.39 is 11.7 Å². The van der Waals surface area contributed by atoms with Gasteiger partial charge in [0.15, 0.2) is 0 Å². The maximum absolute atomic E-state index is 12.7. The normalized spacial score (nSPS) is 12.3. The van der Waals surface area contributed by atoms with Gasteiger partial charge in [-0.25, -0.2) is 0 Å². The Bertz CT molecular complexity index is 487. The number of hydrogen-bond acceptors (Lipinski definition) is 1. The van der Waals surface area contributed by atoms with Gasteiger partial charge in [0.05, 0.1) is 5.56 Å². The molecule has 0 saturated heterocycles. The van der Waals surface area contributed by atoms with E-state index in [2.05, 4.69) is 4.98 Å². The zero-order valence-corrected chi connectivity index (χ0v) is 8.67. The standard InChI is InChI=1S/C10H8F3NS/c1-15-8-5-14-7-4-2-3-6(9(7)8)10(11,12)13/h2-5,14H,1H3. The molecule has 15 heavy (non-hydrogen) atoms. The molecule has 0 fully saturated rings. The van der Waals surface area contributed by atoms with Gasteiger partial charge in [0.2, 0.25) is 0 Å². The van der Waals surface area contributed by atoms with Crippen molar-refractivity contribution in [3.05, 3.63) is 30.0 Å². The highest BCUT2D eigenvalue weighted by molar-refractivity contribution is 7.98. The third-order valence-electron chi connectivity index (χ3n) is 2.19. The Labute approximate surface area is 88.7 Å². The van der Waals surface area contributed by atoms with E-state index in [0.717, 1.165) is 6.07 Å². The van der Waals surface area contributed by atoms with E-state index in [-0.39, 0.29) is 5.39 Å². The Morgan fingerprint density at radius 1 is 1.27 bits per heavy atom. The Kier molecular flexibility index (Phi) is 2.42. The molecule has 2 rings (SSSR count). The van der Waals surface area contributed by atoms with Gasteiger partial charge >= 0.3 is 6.18 Å². The van der Waals surface area contributed by atoms with Crippen molar-refractivity contribution in [1.82, 2.24) is 4.98 Å². The van der Waals surface area contributed by atoms with Gasteiger partial charge in [-0.05, 0) is 18.4 Å². The van der Waals surface area contributed by atoms with E-state index in [1.807, 2.05) is 0 Å². The summed E-state index contributed by atoms with van der Waals surface area (Å²) in [6.07, 6.45) is -0.938. The van der Waals surface area contributed by atoms with Crippen LogP contribution in [0.1, 0.15) is 5.56 Å². The minimum absolute atomic E-state index is 0.262. The number of nitrogens with one attached hydrogen (secondary N) is 1. The van der Waals surface area contributed by atoms with Gasteiger partial charge in [0.25, 0.3) is 0 Å². The molecule has 0 saturated carbocycles. The Morgan fingerprint density at radius 2 is 2.00 bits per heavy atom. The topological polar surface area (TPSA) is 15.8 Å². The fraction of sp³-hybridized carbons (Fsp3) is 0.200. The van der Waals surface area contributed by atoms with Gasteiger partial charge in [-0.1, -0.05) is 6.07 Å². The van der Waals surface area contributed by atoms with E-state index >= 15 is 0 Å². The summed E-state index contributed by atoms with van der Waals surface area (Å²) in [6, 6.07) is 4.16. The fourth-order valence-corrected chi connectivity index (χ4v) is 2.15. The number of H-pyrrole nitrogens is 1. The van der Waals surface area contributed by atoms with Crippen molar-refractivity contribution in [2.75, 3.05) is 6.26 Å². The van der Waals surface area contributed by atoms with Crippen LogP contribution < -0.4 is 0 Å². The van der Waals surface area contributed by atoms with Crippen molar-refractivity contribution < 1.29 is 13.2 Å². The summed E-state index contributed by atoms with van der Waals surface area (Å²) in [6.45, 7) is 0. The molecule has 1 nitrogen and oxygen atoms in total. The number of fused-ring (bicyclic) bond motifs is 1. The van der Waals surface area contributed by atoms with Gasteiger partial charge in [0.1, 0.15) is 0 Å². The SMILES string of the molecule is CSc1c[nH]c2cccc(C(F)(F)F)c12. The maximum Gasteiger partial charge on any atom is 0.417 e. The highest BCUT2D eigenvalue weighted by Gasteiger charge is 2.33. The van der Waals surface area contributed by atoms with E-state index in [9.17, 15) is 13.2 Å². The van der Waals surface area contributed by atoms with Gasteiger partial charge in [-0.2, -0.15) is 13.2 Å². The average Bonchev–Trinajstić information content (AvgIpc) is 2.58. The molecule has 0 unspecified atom stereocenters. The second-order valence-corrected chi connectivity index (χ2v) is 3.93. The van der Waals surface area contributed by atoms with E-state index in [0.29, 0.717) is 10.4 Å². The molecule has 2 aromatic rings. The molecular formula is C10H8F3NS. The van der Waals surface area contributed by atoms with Crippen LogP contribution in [0.4, 0.5) is 13.2 Å². The fourth-order valence-electron chi connectivity index (χ4n) is 1.55.